The molecule has 1 saturated heterocycles. The second-order valence-electron chi connectivity index (χ2n) is 4.18. The zero-order valence-electron chi connectivity index (χ0n) is 9.82. The molecule has 1 fully saturated rings. The summed E-state index contributed by atoms with van der Waals surface area (Å²) in [6.07, 6.45) is 2.25. The summed E-state index contributed by atoms with van der Waals surface area (Å²) in [7, 11) is 1.74. The van der Waals surface area contributed by atoms with E-state index in [0.29, 0.717) is 6.04 Å². The fourth-order valence-electron chi connectivity index (χ4n) is 1.86. The van der Waals surface area contributed by atoms with Crippen LogP contribution in [0.15, 0.2) is 0 Å². The lowest BCUT2D eigenvalue weighted by molar-refractivity contribution is -0.0781. The Kier molecular flexibility index (Phi) is 6.17. The Morgan fingerprint density at radius 1 is 1.47 bits per heavy atom. The lowest BCUT2D eigenvalue weighted by Gasteiger charge is -2.37. The van der Waals surface area contributed by atoms with Crippen molar-refractivity contribution in [2.45, 2.75) is 31.9 Å². The third-order valence-electron chi connectivity index (χ3n) is 2.88. The number of aliphatic hydroxyl groups excluding tert-OH is 1. The molecule has 4 heteroatoms. The van der Waals surface area contributed by atoms with Crippen LogP contribution in [0.2, 0.25) is 0 Å². The van der Waals surface area contributed by atoms with Gasteiger partial charge in [0, 0.05) is 26.3 Å². The maximum Gasteiger partial charge on any atom is 0.0933 e. The number of hydrogen-bond acceptors (Lipinski definition) is 4. The Morgan fingerprint density at radius 2 is 2.27 bits per heavy atom. The number of nitrogens with zero attached hydrogens (tertiary/aromatic N) is 1. The molecule has 0 aromatic carbocycles. The maximum atomic E-state index is 9.03. The topological polar surface area (TPSA) is 41.9 Å². The minimum absolute atomic E-state index is 0.00336. The van der Waals surface area contributed by atoms with E-state index in [1.165, 1.54) is 0 Å². The normalized spacial score (nSPS) is 28.2. The first kappa shape index (κ1) is 12.9. The summed E-state index contributed by atoms with van der Waals surface area (Å²) in [4.78, 5) is 2.39. The number of aliphatic hydroxyl groups is 1. The van der Waals surface area contributed by atoms with Crippen LogP contribution in [0, 0.1) is 0 Å². The van der Waals surface area contributed by atoms with Crippen LogP contribution >= 0.6 is 0 Å². The minimum Gasteiger partial charge on any atom is -0.394 e. The van der Waals surface area contributed by atoms with Crippen LogP contribution < -0.4 is 0 Å². The van der Waals surface area contributed by atoms with Gasteiger partial charge >= 0.3 is 0 Å². The van der Waals surface area contributed by atoms with E-state index in [0.717, 1.165) is 39.1 Å². The summed E-state index contributed by atoms with van der Waals surface area (Å²) in [5.41, 5.74) is 0. The van der Waals surface area contributed by atoms with Crippen LogP contribution in [-0.2, 0) is 9.47 Å². The van der Waals surface area contributed by atoms with Crippen LogP contribution in [0.3, 0.4) is 0 Å². The Morgan fingerprint density at radius 3 is 2.93 bits per heavy atom. The van der Waals surface area contributed by atoms with Crippen molar-refractivity contribution < 1.29 is 14.6 Å². The molecule has 0 aromatic heterocycles. The molecule has 90 valence electrons. The summed E-state index contributed by atoms with van der Waals surface area (Å²) in [5.74, 6) is 0. The molecule has 0 radical (unpaired) electrons. The van der Waals surface area contributed by atoms with Crippen molar-refractivity contribution in [2.75, 3.05) is 40.0 Å². The molecule has 1 aliphatic rings. The predicted molar refractivity (Wildman–Crippen MR) is 59.0 cm³/mol. The Labute approximate surface area is 92.2 Å². The van der Waals surface area contributed by atoms with E-state index >= 15 is 0 Å². The molecule has 0 bridgehead atoms. The number of methoxy groups -OCH3 is 1. The van der Waals surface area contributed by atoms with E-state index in [4.69, 9.17) is 14.6 Å². The van der Waals surface area contributed by atoms with Crippen LogP contribution in [0.25, 0.3) is 0 Å². The summed E-state index contributed by atoms with van der Waals surface area (Å²) in [6.45, 7) is 5.79. The zero-order chi connectivity index (χ0) is 11.1. The van der Waals surface area contributed by atoms with Gasteiger partial charge in [-0.3, -0.25) is 4.90 Å². The Bertz CT molecular complexity index is 166. The van der Waals surface area contributed by atoms with Crippen LogP contribution in [0.4, 0.5) is 0 Å². The van der Waals surface area contributed by atoms with Gasteiger partial charge in [-0.05, 0) is 26.3 Å². The van der Waals surface area contributed by atoms with Crippen molar-refractivity contribution in [1.82, 2.24) is 4.90 Å². The van der Waals surface area contributed by atoms with E-state index in [1.54, 1.807) is 7.11 Å². The summed E-state index contributed by atoms with van der Waals surface area (Å²) < 4.78 is 10.5. The van der Waals surface area contributed by atoms with E-state index in [2.05, 4.69) is 11.8 Å². The molecule has 1 N–H and O–H groups in total. The van der Waals surface area contributed by atoms with Gasteiger partial charge in [0.1, 0.15) is 0 Å². The molecule has 1 heterocycles. The highest BCUT2D eigenvalue weighted by Gasteiger charge is 2.24. The highest BCUT2D eigenvalue weighted by Crippen LogP contribution is 2.12. The molecular formula is C11H23NO3. The molecule has 2 unspecified atom stereocenters. The Balaban J connectivity index is 2.19. The van der Waals surface area contributed by atoms with Gasteiger partial charge < -0.3 is 14.6 Å². The minimum atomic E-state index is 0.00336. The molecule has 0 saturated carbocycles. The molecule has 1 aliphatic heterocycles. The average Bonchev–Trinajstić information content (AvgIpc) is 2.26. The smallest absolute Gasteiger partial charge is 0.0933 e. The summed E-state index contributed by atoms with van der Waals surface area (Å²) in [6, 6.07) is 0.468. The second kappa shape index (κ2) is 7.17. The predicted octanol–water partition coefficient (Wildman–Crippen LogP) is 0.495. The quantitative estimate of drug-likeness (QED) is 0.658. The molecule has 0 aliphatic carbocycles. The largest absolute Gasteiger partial charge is 0.394 e. The third kappa shape index (κ3) is 4.47. The van der Waals surface area contributed by atoms with Crippen molar-refractivity contribution in [1.29, 1.82) is 0 Å². The maximum absolute atomic E-state index is 9.03. The van der Waals surface area contributed by atoms with E-state index < -0.39 is 0 Å². The van der Waals surface area contributed by atoms with Crippen molar-refractivity contribution in [3.05, 3.63) is 0 Å². The SMILES string of the molecule is COCCCCN1CC(CO)OCC1C. The lowest BCUT2D eigenvalue weighted by atomic mass is 10.2. The molecular weight excluding hydrogens is 194 g/mol. The van der Waals surface area contributed by atoms with Gasteiger partial charge in [-0.25, -0.2) is 0 Å². The molecule has 0 amide bonds. The number of hydrogen-bond donors (Lipinski definition) is 1. The Hall–Kier alpha value is -0.160. The second-order valence-corrected chi connectivity index (χ2v) is 4.18. The lowest BCUT2D eigenvalue weighted by Crippen LogP contribution is -2.49. The molecule has 4 nitrogen and oxygen atoms in total. The van der Waals surface area contributed by atoms with E-state index in [1.807, 2.05) is 0 Å². The van der Waals surface area contributed by atoms with Gasteiger partial charge in [0.05, 0.1) is 19.3 Å². The van der Waals surface area contributed by atoms with Gasteiger partial charge in [0.25, 0.3) is 0 Å². The van der Waals surface area contributed by atoms with Gasteiger partial charge in [0.15, 0.2) is 0 Å². The van der Waals surface area contributed by atoms with Gasteiger partial charge in [-0.15, -0.1) is 0 Å². The highest BCUT2D eigenvalue weighted by atomic mass is 16.5. The fourth-order valence-corrected chi connectivity index (χ4v) is 1.86. The standard InChI is InChI=1S/C11H23NO3/c1-10-9-15-11(8-13)7-12(10)5-3-4-6-14-2/h10-11,13H,3-9H2,1-2H3. The number of rotatable bonds is 6. The highest BCUT2D eigenvalue weighted by molar-refractivity contribution is 4.76. The van der Waals surface area contributed by atoms with Gasteiger partial charge in [-0.1, -0.05) is 0 Å². The number of unbranched alkanes of at least 4 members (excludes halogenated alkanes) is 1. The summed E-state index contributed by atoms with van der Waals surface area (Å²) in [5, 5.41) is 9.03. The molecule has 0 aromatic rings. The molecule has 2 atom stereocenters. The number of morpholine rings is 1. The molecule has 0 spiro atoms. The average molecular weight is 217 g/mol. The van der Waals surface area contributed by atoms with Crippen molar-refractivity contribution in [3.63, 3.8) is 0 Å². The third-order valence-corrected chi connectivity index (χ3v) is 2.88. The van der Waals surface area contributed by atoms with Crippen molar-refractivity contribution in [2.24, 2.45) is 0 Å². The van der Waals surface area contributed by atoms with E-state index in [9.17, 15) is 0 Å². The van der Waals surface area contributed by atoms with Crippen LogP contribution in [0.5, 0.6) is 0 Å². The fraction of sp³-hybridized carbons (Fsp3) is 1.00. The van der Waals surface area contributed by atoms with E-state index in [-0.39, 0.29) is 12.7 Å². The molecule has 1 rings (SSSR count). The number of ether oxygens (including phenoxy) is 2. The molecule has 15 heavy (non-hydrogen) atoms. The van der Waals surface area contributed by atoms with Gasteiger partial charge in [0.2, 0.25) is 0 Å². The summed E-state index contributed by atoms with van der Waals surface area (Å²) >= 11 is 0. The van der Waals surface area contributed by atoms with Gasteiger partial charge in [-0.2, -0.15) is 0 Å². The van der Waals surface area contributed by atoms with Crippen molar-refractivity contribution >= 4 is 0 Å². The first-order chi connectivity index (χ1) is 7.27. The van der Waals surface area contributed by atoms with Crippen molar-refractivity contribution in [3.8, 4) is 0 Å². The van der Waals surface area contributed by atoms with Crippen LogP contribution in [-0.4, -0.2) is 62.2 Å². The monoisotopic (exact) mass is 217 g/mol. The zero-order valence-corrected chi connectivity index (χ0v) is 9.82. The first-order valence-electron chi connectivity index (χ1n) is 5.73. The first-order valence-corrected chi connectivity index (χ1v) is 5.73. The van der Waals surface area contributed by atoms with Crippen LogP contribution in [0.1, 0.15) is 19.8 Å².